The van der Waals surface area contributed by atoms with E-state index in [0.717, 1.165) is 0 Å². The molecule has 0 saturated heterocycles. The van der Waals surface area contributed by atoms with Crippen LogP contribution in [0.5, 0.6) is 5.75 Å². The van der Waals surface area contributed by atoms with Crippen LogP contribution in [0, 0.1) is 0 Å². The summed E-state index contributed by atoms with van der Waals surface area (Å²) in [6.07, 6.45) is 0.691. The van der Waals surface area contributed by atoms with Crippen LogP contribution in [0.25, 0.3) is 0 Å². The number of rotatable bonds is 9. The lowest BCUT2D eigenvalue weighted by Gasteiger charge is -2.11. The Morgan fingerprint density at radius 1 is 0.964 bits per heavy atom. The van der Waals surface area contributed by atoms with Gasteiger partial charge in [-0.2, -0.15) is 0 Å². The monoisotopic (exact) mass is 385 g/mol. The molecular weight excluding hydrogens is 366 g/mol. The number of aldehydes is 1. The number of anilines is 1. The lowest BCUT2D eigenvalue weighted by atomic mass is 10.2. The minimum Gasteiger partial charge on any atom is -0.482 e. The van der Waals surface area contributed by atoms with Crippen LogP contribution in [0.4, 0.5) is 5.69 Å². The number of carbonyl (C=O) groups is 4. The lowest BCUT2D eigenvalue weighted by Crippen LogP contribution is -2.24. The van der Waals surface area contributed by atoms with Gasteiger partial charge in [-0.1, -0.05) is 12.1 Å². The number of carbonyl (C=O) groups excluding carboxylic acids is 4. The first kappa shape index (κ1) is 20.6. The summed E-state index contributed by atoms with van der Waals surface area (Å²) >= 11 is 0. The predicted molar refractivity (Wildman–Crippen MR) is 99.3 cm³/mol. The Hall–Kier alpha value is -3.68. The summed E-state index contributed by atoms with van der Waals surface area (Å²) in [5.41, 5.74) is 0.939. The van der Waals surface area contributed by atoms with Gasteiger partial charge in [-0.3, -0.25) is 9.59 Å². The maximum absolute atomic E-state index is 12.0. The number of para-hydroxylation sites is 1. The van der Waals surface area contributed by atoms with Crippen molar-refractivity contribution in [3.63, 3.8) is 0 Å². The van der Waals surface area contributed by atoms with Crippen LogP contribution in [0.15, 0.2) is 48.5 Å². The second-order valence-corrected chi connectivity index (χ2v) is 5.45. The van der Waals surface area contributed by atoms with Crippen molar-refractivity contribution < 1.29 is 33.4 Å². The molecule has 8 nitrogen and oxygen atoms in total. The minimum atomic E-state index is -0.742. The largest absolute Gasteiger partial charge is 0.482 e. The average Bonchev–Trinajstić information content (AvgIpc) is 2.71. The third-order valence-corrected chi connectivity index (χ3v) is 3.43. The average molecular weight is 385 g/mol. The van der Waals surface area contributed by atoms with Gasteiger partial charge in [-0.05, 0) is 43.3 Å². The molecular formula is C20H19NO7. The molecule has 28 heavy (non-hydrogen) atoms. The zero-order chi connectivity index (χ0) is 20.4. The number of hydrogen-bond donors (Lipinski definition) is 1. The van der Waals surface area contributed by atoms with Crippen LogP contribution in [-0.2, 0) is 19.1 Å². The first-order chi connectivity index (χ1) is 13.5. The molecule has 0 heterocycles. The van der Waals surface area contributed by atoms with E-state index >= 15 is 0 Å². The summed E-state index contributed by atoms with van der Waals surface area (Å²) in [6, 6.07) is 12.5. The van der Waals surface area contributed by atoms with Gasteiger partial charge in [0.25, 0.3) is 5.91 Å². The molecule has 2 aromatic carbocycles. The van der Waals surface area contributed by atoms with Gasteiger partial charge in [0.1, 0.15) is 12.0 Å². The van der Waals surface area contributed by atoms with Crippen LogP contribution < -0.4 is 10.1 Å². The van der Waals surface area contributed by atoms with Gasteiger partial charge < -0.3 is 19.5 Å². The molecule has 0 atom stereocenters. The number of esters is 2. The molecule has 0 saturated carbocycles. The third-order valence-electron chi connectivity index (χ3n) is 3.43. The normalized spacial score (nSPS) is 9.89. The number of hydrogen-bond acceptors (Lipinski definition) is 7. The van der Waals surface area contributed by atoms with E-state index in [1.165, 1.54) is 24.3 Å². The standard InChI is InChI=1S/C20H19NO7/c1-2-26-20(25)16-5-3-4-6-17(16)21-18(23)12-28-19(24)13-27-15-9-7-14(11-22)8-10-15/h3-11H,2,12-13H2,1H3,(H,21,23). The van der Waals surface area contributed by atoms with Crippen molar-refractivity contribution in [2.24, 2.45) is 0 Å². The van der Waals surface area contributed by atoms with Gasteiger partial charge in [0, 0.05) is 5.56 Å². The highest BCUT2D eigenvalue weighted by Gasteiger charge is 2.15. The zero-order valence-corrected chi connectivity index (χ0v) is 15.2. The first-order valence-corrected chi connectivity index (χ1v) is 8.43. The summed E-state index contributed by atoms with van der Waals surface area (Å²) in [6.45, 7) is 0.949. The van der Waals surface area contributed by atoms with E-state index in [9.17, 15) is 19.2 Å². The lowest BCUT2D eigenvalue weighted by molar-refractivity contribution is -0.149. The van der Waals surface area contributed by atoms with Crippen molar-refractivity contribution in [1.29, 1.82) is 0 Å². The van der Waals surface area contributed by atoms with Gasteiger partial charge in [0.15, 0.2) is 13.2 Å². The zero-order valence-electron chi connectivity index (χ0n) is 15.2. The van der Waals surface area contributed by atoms with E-state index in [2.05, 4.69) is 5.32 Å². The molecule has 0 fully saturated rings. The Bertz CT molecular complexity index is 846. The van der Waals surface area contributed by atoms with Crippen LogP contribution in [-0.4, -0.2) is 44.0 Å². The summed E-state index contributed by atoms with van der Waals surface area (Å²) in [5.74, 6) is -1.53. The first-order valence-electron chi connectivity index (χ1n) is 8.43. The van der Waals surface area contributed by atoms with Crippen LogP contribution >= 0.6 is 0 Å². The molecule has 146 valence electrons. The number of nitrogens with one attached hydrogen (secondary N) is 1. The second kappa shape index (κ2) is 10.5. The van der Waals surface area contributed by atoms with Crippen molar-refractivity contribution in [3.8, 4) is 5.75 Å². The van der Waals surface area contributed by atoms with Crippen LogP contribution in [0.3, 0.4) is 0 Å². The van der Waals surface area contributed by atoms with E-state index in [1.54, 1.807) is 31.2 Å². The maximum Gasteiger partial charge on any atom is 0.344 e. The Morgan fingerprint density at radius 2 is 1.68 bits per heavy atom. The van der Waals surface area contributed by atoms with Crippen molar-refractivity contribution in [3.05, 3.63) is 59.7 Å². The fraction of sp³-hybridized carbons (Fsp3) is 0.200. The molecule has 0 radical (unpaired) electrons. The van der Waals surface area contributed by atoms with Crippen molar-refractivity contribution in [1.82, 2.24) is 0 Å². The minimum absolute atomic E-state index is 0.200. The van der Waals surface area contributed by atoms with Crippen LogP contribution in [0.2, 0.25) is 0 Å². The fourth-order valence-electron chi connectivity index (χ4n) is 2.14. The molecule has 1 amide bonds. The highest BCUT2D eigenvalue weighted by atomic mass is 16.6. The van der Waals surface area contributed by atoms with Gasteiger partial charge in [0.05, 0.1) is 17.9 Å². The maximum atomic E-state index is 12.0. The highest BCUT2D eigenvalue weighted by Crippen LogP contribution is 2.16. The summed E-state index contributed by atoms with van der Waals surface area (Å²) < 4.78 is 15.0. The molecule has 0 aliphatic rings. The van der Waals surface area contributed by atoms with Gasteiger partial charge in [-0.15, -0.1) is 0 Å². The molecule has 0 bridgehead atoms. The van der Waals surface area contributed by atoms with E-state index in [-0.39, 0.29) is 17.9 Å². The van der Waals surface area contributed by atoms with E-state index in [1.807, 2.05) is 0 Å². The third kappa shape index (κ3) is 6.24. The molecule has 0 aromatic heterocycles. The smallest absolute Gasteiger partial charge is 0.344 e. The highest BCUT2D eigenvalue weighted by molar-refractivity contribution is 6.01. The molecule has 0 aliphatic carbocycles. The van der Waals surface area contributed by atoms with Crippen molar-refractivity contribution in [2.75, 3.05) is 25.1 Å². The fourth-order valence-corrected chi connectivity index (χ4v) is 2.14. The van der Waals surface area contributed by atoms with Gasteiger partial charge in [0.2, 0.25) is 0 Å². The summed E-state index contributed by atoms with van der Waals surface area (Å²) in [4.78, 5) is 46.1. The van der Waals surface area contributed by atoms with Gasteiger partial charge in [-0.25, -0.2) is 9.59 Å². The Kier molecular flexibility index (Phi) is 7.71. The number of benzene rings is 2. The topological polar surface area (TPSA) is 108 Å². The van der Waals surface area contributed by atoms with Crippen LogP contribution in [0.1, 0.15) is 27.6 Å². The number of amides is 1. The van der Waals surface area contributed by atoms with E-state index in [4.69, 9.17) is 14.2 Å². The molecule has 0 aliphatic heterocycles. The quantitative estimate of drug-likeness (QED) is 0.521. The number of ether oxygens (including phenoxy) is 3. The van der Waals surface area contributed by atoms with E-state index < -0.39 is 31.1 Å². The Labute approximate surface area is 161 Å². The molecule has 8 heteroatoms. The van der Waals surface area contributed by atoms with Gasteiger partial charge >= 0.3 is 11.9 Å². The SMILES string of the molecule is CCOC(=O)c1ccccc1NC(=O)COC(=O)COc1ccc(C=O)cc1. The molecule has 2 aromatic rings. The molecule has 0 unspecified atom stereocenters. The molecule has 2 rings (SSSR count). The Balaban J connectivity index is 1.81. The second-order valence-electron chi connectivity index (χ2n) is 5.45. The van der Waals surface area contributed by atoms with E-state index in [0.29, 0.717) is 17.6 Å². The summed E-state index contributed by atoms with van der Waals surface area (Å²) in [7, 11) is 0. The molecule has 1 N–H and O–H groups in total. The predicted octanol–water partition coefficient (Wildman–Crippen LogP) is 2.24. The van der Waals surface area contributed by atoms with Crippen molar-refractivity contribution in [2.45, 2.75) is 6.92 Å². The molecule has 0 spiro atoms. The van der Waals surface area contributed by atoms with Crippen molar-refractivity contribution >= 4 is 29.8 Å². The summed E-state index contributed by atoms with van der Waals surface area (Å²) in [5, 5.41) is 2.50. The Morgan fingerprint density at radius 3 is 2.36 bits per heavy atom.